The van der Waals surface area contributed by atoms with Crippen molar-refractivity contribution in [2.45, 2.75) is 19.8 Å². The molecule has 2 aromatic rings. The second-order valence-electron chi connectivity index (χ2n) is 6.12. The highest BCUT2D eigenvalue weighted by molar-refractivity contribution is 6.20. The molecule has 0 atom stereocenters. The van der Waals surface area contributed by atoms with Crippen LogP contribution in [0.1, 0.15) is 39.1 Å². The first-order valence-corrected chi connectivity index (χ1v) is 8.15. The molecular weight excluding hydrogens is 353 g/mol. The number of anilines is 2. The Morgan fingerprint density at radius 2 is 1.63 bits per heavy atom. The van der Waals surface area contributed by atoms with Crippen molar-refractivity contribution in [2.24, 2.45) is 5.73 Å². The molecule has 0 saturated carbocycles. The summed E-state index contributed by atoms with van der Waals surface area (Å²) in [4.78, 5) is 48.3. The molecule has 1 heterocycles. The van der Waals surface area contributed by atoms with E-state index in [0.717, 1.165) is 11.0 Å². The Balaban J connectivity index is 1.82. The first-order chi connectivity index (χ1) is 12.8. The number of primary amides is 1. The van der Waals surface area contributed by atoms with E-state index in [-0.39, 0.29) is 47.0 Å². The molecule has 138 valence electrons. The maximum absolute atomic E-state index is 13.9. The van der Waals surface area contributed by atoms with Gasteiger partial charge in [-0.25, -0.2) is 4.39 Å². The Morgan fingerprint density at radius 3 is 2.19 bits per heavy atom. The van der Waals surface area contributed by atoms with Gasteiger partial charge in [0.1, 0.15) is 5.82 Å². The van der Waals surface area contributed by atoms with Gasteiger partial charge in [-0.05, 0) is 43.3 Å². The fourth-order valence-corrected chi connectivity index (χ4v) is 2.77. The van der Waals surface area contributed by atoms with Gasteiger partial charge in [-0.2, -0.15) is 0 Å². The van der Waals surface area contributed by atoms with E-state index in [0.29, 0.717) is 5.69 Å². The van der Waals surface area contributed by atoms with Gasteiger partial charge in [0.2, 0.25) is 17.7 Å². The largest absolute Gasteiger partial charge is 0.366 e. The highest BCUT2D eigenvalue weighted by atomic mass is 19.1. The van der Waals surface area contributed by atoms with E-state index in [1.165, 1.54) is 37.3 Å². The number of hydrogen-bond donors (Lipinski definition) is 2. The maximum atomic E-state index is 13.9. The molecule has 2 aromatic carbocycles. The average molecular weight is 369 g/mol. The van der Waals surface area contributed by atoms with Crippen LogP contribution in [-0.2, 0) is 9.59 Å². The number of hydrogen-bond acceptors (Lipinski definition) is 4. The third-order valence-corrected chi connectivity index (χ3v) is 4.32. The van der Waals surface area contributed by atoms with Crippen LogP contribution in [-0.4, -0.2) is 23.6 Å². The molecular formula is C19H16FN3O4. The van der Waals surface area contributed by atoms with Crippen LogP contribution in [0.4, 0.5) is 15.8 Å². The van der Waals surface area contributed by atoms with Gasteiger partial charge in [-0.1, -0.05) is 0 Å². The molecule has 0 radical (unpaired) electrons. The number of halogens is 1. The average Bonchev–Trinajstić information content (AvgIpc) is 2.97. The number of nitrogens with one attached hydrogen (secondary N) is 1. The summed E-state index contributed by atoms with van der Waals surface area (Å²) in [7, 11) is 0. The van der Waals surface area contributed by atoms with Crippen LogP contribution in [0, 0.1) is 12.7 Å². The highest BCUT2D eigenvalue weighted by Gasteiger charge is 2.30. The van der Waals surface area contributed by atoms with Crippen LogP contribution in [0.25, 0.3) is 0 Å². The SMILES string of the molecule is Cc1c(F)cc(C(N)=O)cc1NC(=O)c1ccc(N2C(=O)CCC2=O)cc1. The maximum Gasteiger partial charge on any atom is 0.255 e. The number of benzene rings is 2. The Bertz CT molecular complexity index is 954. The molecule has 3 N–H and O–H groups in total. The quantitative estimate of drug-likeness (QED) is 0.805. The van der Waals surface area contributed by atoms with Crippen molar-refractivity contribution in [3.05, 3.63) is 58.9 Å². The summed E-state index contributed by atoms with van der Waals surface area (Å²) in [6.45, 7) is 1.46. The van der Waals surface area contributed by atoms with E-state index >= 15 is 0 Å². The van der Waals surface area contributed by atoms with Gasteiger partial charge in [0, 0.05) is 35.2 Å². The summed E-state index contributed by atoms with van der Waals surface area (Å²) in [5.41, 5.74) is 6.02. The molecule has 0 spiro atoms. The lowest BCUT2D eigenvalue weighted by Crippen LogP contribution is -2.28. The van der Waals surface area contributed by atoms with Crippen molar-refractivity contribution < 1.29 is 23.6 Å². The zero-order chi connectivity index (χ0) is 19.7. The van der Waals surface area contributed by atoms with E-state index < -0.39 is 17.6 Å². The van der Waals surface area contributed by atoms with Crippen LogP contribution in [0.5, 0.6) is 0 Å². The van der Waals surface area contributed by atoms with Gasteiger partial charge in [0.05, 0.1) is 5.69 Å². The van der Waals surface area contributed by atoms with Crippen LogP contribution in [0.3, 0.4) is 0 Å². The lowest BCUT2D eigenvalue weighted by Gasteiger charge is -2.14. The summed E-state index contributed by atoms with van der Waals surface area (Å²) in [6, 6.07) is 8.19. The van der Waals surface area contributed by atoms with Gasteiger partial charge in [0.25, 0.3) is 5.91 Å². The number of rotatable bonds is 4. The number of carbonyl (C=O) groups is 4. The second kappa shape index (κ2) is 6.99. The van der Waals surface area contributed by atoms with Crippen molar-refractivity contribution in [1.82, 2.24) is 0 Å². The smallest absolute Gasteiger partial charge is 0.255 e. The highest BCUT2D eigenvalue weighted by Crippen LogP contribution is 2.24. The Morgan fingerprint density at radius 1 is 1.04 bits per heavy atom. The zero-order valence-corrected chi connectivity index (χ0v) is 14.4. The van der Waals surface area contributed by atoms with Crippen molar-refractivity contribution in [2.75, 3.05) is 10.2 Å². The number of amides is 4. The van der Waals surface area contributed by atoms with E-state index in [1.54, 1.807) is 0 Å². The van der Waals surface area contributed by atoms with E-state index in [2.05, 4.69) is 5.32 Å². The number of carbonyl (C=O) groups excluding carboxylic acids is 4. The Kier molecular flexibility index (Phi) is 4.72. The molecule has 27 heavy (non-hydrogen) atoms. The third kappa shape index (κ3) is 3.55. The molecule has 7 nitrogen and oxygen atoms in total. The molecule has 8 heteroatoms. The molecule has 0 aromatic heterocycles. The topological polar surface area (TPSA) is 110 Å². The van der Waals surface area contributed by atoms with Gasteiger partial charge < -0.3 is 11.1 Å². The number of nitrogens with two attached hydrogens (primary N) is 1. The van der Waals surface area contributed by atoms with Crippen molar-refractivity contribution in [3.63, 3.8) is 0 Å². The van der Waals surface area contributed by atoms with Gasteiger partial charge in [0.15, 0.2) is 0 Å². The van der Waals surface area contributed by atoms with E-state index in [4.69, 9.17) is 5.73 Å². The molecule has 0 bridgehead atoms. The third-order valence-electron chi connectivity index (χ3n) is 4.32. The number of nitrogens with zero attached hydrogens (tertiary/aromatic N) is 1. The van der Waals surface area contributed by atoms with Crippen LogP contribution in [0.15, 0.2) is 36.4 Å². The fourth-order valence-electron chi connectivity index (χ4n) is 2.77. The van der Waals surface area contributed by atoms with E-state index in [1.807, 2.05) is 0 Å². The first-order valence-electron chi connectivity index (χ1n) is 8.15. The van der Waals surface area contributed by atoms with Gasteiger partial charge in [-0.3, -0.25) is 24.1 Å². The molecule has 4 amide bonds. The minimum atomic E-state index is -0.811. The molecule has 1 saturated heterocycles. The molecule has 1 aliphatic rings. The second-order valence-corrected chi connectivity index (χ2v) is 6.12. The summed E-state index contributed by atoms with van der Waals surface area (Å²) in [5, 5.41) is 2.53. The lowest BCUT2D eigenvalue weighted by atomic mass is 10.1. The molecule has 0 unspecified atom stereocenters. The molecule has 0 aliphatic carbocycles. The monoisotopic (exact) mass is 369 g/mol. The molecule has 1 aliphatic heterocycles. The van der Waals surface area contributed by atoms with Crippen molar-refractivity contribution in [3.8, 4) is 0 Å². The summed E-state index contributed by atoms with van der Waals surface area (Å²) < 4.78 is 13.9. The predicted molar refractivity (Wildman–Crippen MR) is 95.8 cm³/mol. The molecule has 3 rings (SSSR count). The molecule has 1 fully saturated rings. The van der Waals surface area contributed by atoms with Gasteiger partial charge >= 0.3 is 0 Å². The van der Waals surface area contributed by atoms with Crippen LogP contribution in [0.2, 0.25) is 0 Å². The Hall–Kier alpha value is -3.55. The van der Waals surface area contributed by atoms with Gasteiger partial charge in [-0.15, -0.1) is 0 Å². The van der Waals surface area contributed by atoms with Crippen molar-refractivity contribution >= 4 is 35.0 Å². The van der Waals surface area contributed by atoms with E-state index in [9.17, 15) is 23.6 Å². The predicted octanol–water partition coefficient (Wildman–Crippen LogP) is 2.14. The zero-order valence-electron chi connectivity index (χ0n) is 14.4. The Labute approximate surface area is 153 Å². The minimum absolute atomic E-state index is 0.0604. The van der Waals surface area contributed by atoms with Crippen molar-refractivity contribution in [1.29, 1.82) is 0 Å². The number of imide groups is 1. The summed E-state index contributed by atoms with van der Waals surface area (Å²) in [5.74, 6) is -2.58. The van der Waals surface area contributed by atoms with Crippen LogP contribution >= 0.6 is 0 Å². The fraction of sp³-hybridized carbons (Fsp3) is 0.158. The minimum Gasteiger partial charge on any atom is -0.366 e. The normalized spacial score (nSPS) is 13.8. The standard InChI is InChI=1S/C19H16FN3O4/c1-10-14(20)8-12(18(21)26)9-15(10)22-19(27)11-2-4-13(5-3-11)23-16(24)6-7-17(23)25/h2-5,8-9H,6-7H2,1H3,(H2,21,26)(H,22,27). The lowest BCUT2D eigenvalue weighted by molar-refractivity contribution is -0.121. The first kappa shape index (κ1) is 18.2. The summed E-state index contributed by atoms with van der Waals surface area (Å²) in [6.07, 6.45) is 0.338. The summed E-state index contributed by atoms with van der Waals surface area (Å²) >= 11 is 0. The van der Waals surface area contributed by atoms with Crippen LogP contribution < -0.4 is 16.0 Å².